The number of ether oxygens (including phenoxy) is 1. The van der Waals surface area contributed by atoms with Crippen LogP contribution in [0.15, 0.2) is 6.07 Å². The van der Waals surface area contributed by atoms with Crippen molar-refractivity contribution in [2.45, 2.75) is 44.1 Å². The zero-order valence-electron chi connectivity index (χ0n) is 15.8. The van der Waals surface area contributed by atoms with Gasteiger partial charge in [0.15, 0.2) is 0 Å². The van der Waals surface area contributed by atoms with E-state index in [1.807, 2.05) is 6.07 Å². The Morgan fingerprint density at radius 1 is 1.22 bits per heavy atom. The second kappa shape index (κ2) is 8.39. The van der Waals surface area contributed by atoms with Crippen LogP contribution in [0.25, 0.3) is 0 Å². The molecule has 148 valence electrons. The molecule has 1 saturated carbocycles. The Morgan fingerprint density at radius 2 is 2.07 bits per heavy atom. The number of rotatable bonds is 6. The van der Waals surface area contributed by atoms with E-state index in [0.29, 0.717) is 31.7 Å². The highest BCUT2D eigenvalue weighted by Crippen LogP contribution is 2.29. The van der Waals surface area contributed by atoms with Gasteiger partial charge in [0.05, 0.1) is 25.5 Å². The van der Waals surface area contributed by atoms with Gasteiger partial charge in [0.1, 0.15) is 5.82 Å². The van der Waals surface area contributed by atoms with E-state index < -0.39 is 0 Å². The van der Waals surface area contributed by atoms with Crippen molar-refractivity contribution in [2.75, 3.05) is 56.2 Å². The van der Waals surface area contributed by atoms with Crippen LogP contribution < -0.4 is 10.2 Å². The average molecular weight is 375 g/mol. The summed E-state index contributed by atoms with van der Waals surface area (Å²) in [6.07, 6.45) is 5.69. The first-order valence-corrected chi connectivity index (χ1v) is 10.1. The number of hydrogen-bond donors (Lipinski definition) is 2. The van der Waals surface area contributed by atoms with Crippen LogP contribution in [0.2, 0.25) is 0 Å². The molecule has 1 atom stereocenters. The summed E-state index contributed by atoms with van der Waals surface area (Å²) in [4.78, 5) is 26.1. The maximum atomic E-state index is 12.7. The lowest BCUT2D eigenvalue weighted by Gasteiger charge is -2.38. The van der Waals surface area contributed by atoms with Crippen molar-refractivity contribution in [3.05, 3.63) is 11.8 Å². The van der Waals surface area contributed by atoms with Crippen molar-refractivity contribution in [2.24, 2.45) is 0 Å². The Kier molecular flexibility index (Phi) is 5.73. The summed E-state index contributed by atoms with van der Waals surface area (Å²) in [5.74, 6) is 1.75. The minimum atomic E-state index is 0.0218. The van der Waals surface area contributed by atoms with Gasteiger partial charge in [-0.15, -0.1) is 0 Å². The van der Waals surface area contributed by atoms with Gasteiger partial charge in [-0.3, -0.25) is 4.79 Å². The Morgan fingerprint density at radius 3 is 2.78 bits per heavy atom. The largest absolute Gasteiger partial charge is 0.395 e. The zero-order valence-corrected chi connectivity index (χ0v) is 15.8. The van der Waals surface area contributed by atoms with Crippen LogP contribution in [-0.4, -0.2) is 77.9 Å². The summed E-state index contributed by atoms with van der Waals surface area (Å²) in [6, 6.07) is 2.43. The number of carbonyl (C=O) groups excluding carboxylic acids is 1. The third-order valence-corrected chi connectivity index (χ3v) is 5.82. The van der Waals surface area contributed by atoms with Gasteiger partial charge in [0.2, 0.25) is 11.9 Å². The highest BCUT2D eigenvalue weighted by atomic mass is 16.5. The summed E-state index contributed by atoms with van der Waals surface area (Å²) in [7, 11) is 0. The molecule has 2 saturated heterocycles. The Bertz CT molecular complexity index is 659. The number of nitrogens with one attached hydrogen (secondary N) is 1. The molecule has 0 radical (unpaired) electrons. The van der Waals surface area contributed by atoms with Gasteiger partial charge in [-0.05, 0) is 19.3 Å². The maximum Gasteiger partial charge on any atom is 0.242 e. The highest BCUT2D eigenvalue weighted by Gasteiger charge is 2.32. The minimum Gasteiger partial charge on any atom is -0.395 e. The van der Waals surface area contributed by atoms with Crippen LogP contribution in [0.3, 0.4) is 0 Å². The normalized spacial score (nSPS) is 24.0. The van der Waals surface area contributed by atoms with Crippen molar-refractivity contribution in [3.8, 4) is 0 Å². The molecule has 8 nitrogen and oxygen atoms in total. The van der Waals surface area contributed by atoms with Crippen LogP contribution in [-0.2, 0) is 9.53 Å². The molecule has 1 aliphatic carbocycles. The molecule has 1 amide bonds. The van der Waals surface area contributed by atoms with E-state index >= 15 is 0 Å². The van der Waals surface area contributed by atoms with E-state index in [1.54, 1.807) is 0 Å². The number of anilines is 2. The van der Waals surface area contributed by atoms with E-state index in [9.17, 15) is 4.79 Å². The molecule has 1 aromatic rings. The van der Waals surface area contributed by atoms with E-state index in [4.69, 9.17) is 9.84 Å². The molecule has 0 bridgehead atoms. The van der Waals surface area contributed by atoms with Gasteiger partial charge in [0.25, 0.3) is 0 Å². The molecule has 3 aliphatic rings. The lowest BCUT2D eigenvalue weighted by Crippen LogP contribution is -2.53. The summed E-state index contributed by atoms with van der Waals surface area (Å²) < 4.78 is 5.51. The summed E-state index contributed by atoms with van der Waals surface area (Å²) in [6.45, 7) is 3.76. The smallest absolute Gasteiger partial charge is 0.242 e. The molecule has 1 aromatic heterocycles. The van der Waals surface area contributed by atoms with E-state index in [2.05, 4.69) is 25.1 Å². The number of carbonyl (C=O) groups is 1. The SMILES string of the molecule is O=C1CN(c2cc([C@H]3CCOC3)nc(NCCO)n2)CCN1C1CCCC1. The first-order chi connectivity index (χ1) is 13.2. The van der Waals surface area contributed by atoms with Crippen molar-refractivity contribution >= 4 is 17.7 Å². The van der Waals surface area contributed by atoms with Gasteiger partial charge < -0.3 is 25.0 Å². The molecule has 3 heterocycles. The number of aromatic nitrogens is 2. The molecule has 4 rings (SSSR count). The third kappa shape index (κ3) is 4.16. The summed E-state index contributed by atoms with van der Waals surface area (Å²) >= 11 is 0. The van der Waals surface area contributed by atoms with Crippen LogP contribution >= 0.6 is 0 Å². The van der Waals surface area contributed by atoms with E-state index in [0.717, 1.165) is 50.5 Å². The van der Waals surface area contributed by atoms with Crippen molar-refractivity contribution in [1.29, 1.82) is 0 Å². The zero-order chi connectivity index (χ0) is 18.6. The lowest BCUT2D eigenvalue weighted by atomic mass is 10.0. The van der Waals surface area contributed by atoms with Gasteiger partial charge >= 0.3 is 0 Å². The first-order valence-electron chi connectivity index (χ1n) is 10.1. The van der Waals surface area contributed by atoms with Gasteiger partial charge in [-0.2, -0.15) is 4.98 Å². The van der Waals surface area contributed by atoms with Crippen LogP contribution in [0.1, 0.15) is 43.7 Å². The standard InChI is InChI=1S/C19H29N5O3/c25-9-6-20-19-21-16(14-5-10-27-13-14)11-17(22-19)23-7-8-24(18(26)12-23)15-3-1-2-4-15/h11,14-15,25H,1-10,12-13H2,(H,20,21,22)/t14-/m0/s1. The number of aliphatic hydroxyl groups is 1. The average Bonchev–Trinajstić information content (AvgIpc) is 3.40. The predicted molar refractivity (Wildman–Crippen MR) is 102 cm³/mol. The highest BCUT2D eigenvalue weighted by molar-refractivity contribution is 5.83. The molecule has 8 heteroatoms. The Hall–Kier alpha value is -1.93. The Labute approximate surface area is 159 Å². The Balaban J connectivity index is 1.51. The van der Waals surface area contributed by atoms with Crippen LogP contribution in [0.5, 0.6) is 0 Å². The van der Waals surface area contributed by atoms with Crippen LogP contribution in [0, 0.1) is 0 Å². The fourth-order valence-electron chi connectivity index (χ4n) is 4.32. The summed E-state index contributed by atoms with van der Waals surface area (Å²) in [5.41, 5.74) is 0.948. The van der Waals surface area contributed by atoms with Gasteiger partial charge in [-0.25, -0.2) is 4.98 Å². The predicted octanol–water partition coefficient (Wildman–Crippen LogP) is 0.976. The molecule has 0 aromatic carbocycles. The maximum absolute atomic E-state index is 12.7. The van der Waals surface area contributed by atoms with Gasteiger partial charge in [-0.1, -0.05) is 12.8 Å². The molecule has 3 fully saturated rings. The second-order valence-corrected chi connectivity index (χ2v) is 7.63. The number of piperazine rings is 1. The number of amides is 1. The van der Waals surface area contributed by atoms with Crippen molar-refractivity contribution < 1.29 is 14.6 Å². The number of aliphatic hydroxyl groups excluding tert-OH is 1. The van der Waals surface area contributed by atoms with Crippen molar-refractivity contribution in [1.82, 2.24) is 14.9 Å². The van der Waals surface area contributed by atoms with Gasteiger partial charge in [0, 0.05) is 44.3 Å². The molecule has 2 aliphatic heterocycles. The number of hydrogen-bond acceptors (Lipinski definition) is 7. The molecular formula is C19H29N5O3. The summed E-state index contributed by atoms with van der Waals surface area (Å²) in [5, 5.41) is 12.2. The fraction of sp³-hybridized carbons (Fsp3) is 0.737. The van der Waals surface area contributed by atoms with E-state index in [1.165, 1.54) is 12.8 Å². The fourth-order valence-corrected chi connectivity index (χ4v) is 4.32. The quantitative estimate of drug-likeness (QED) is 0.766. The van der Waals surface area contributed by atoms with Crippen LogP contribution in [0.4, 0.5) is 11.8 Å². The monoisotopic (exact) mass is 375 g/mol. The molecule has 27 heavy (non-hydrogen) atoms. The molecule has 2 N–H and O–H groups in total. The molecule has 0 unspecified atom stereocenters. The third-order valence-electron chi connectivity index (χ3n) is 5.82. The van der Waals surface area contributed by atoms with Crippen molar-refractivity contribution in [3.63, 3.8) is 0 Å². The minimum absolute atomic E-state index is 0.0218. The number of nitrogens with zero attached hydrogens (tertiary/aromatic N) is 4. The molecule has 0 spiro atoms. The first kappa shape index (κ1) is 18.4. The van der Waals surface area contributed by atoms with E-state index in [-0.39, 0.29) is 18.4 Å². The topological polar surface area (TPSA) is 90.8 Å². The molecular weight excluding hydrogens is 346 g/mol. The second-order valence-electron chi connectivity index (χ2n) is 7.63. The lowest BCUT2D eigenvalue weighted by molar-refractivity contribution is -0.133.